The van der Waals surface area contributed by atoms with E-state index in [9.17, 15) is 4.79 Å². The van der Waals surface area contributed by atoms with Crippen LogP contribution in [-0.2, 0) is 9.53 Å². The van der Waals surface area contributed by atoms with Gasteiger partial charge in [0.1, 0.15) is 17.6 Å². The standard InChI is InChI=1S/C24H24ClN3O3S/c1-15-8-9-16(25)14-17(15)19-10-11-20(31-19)23-22(18-6-3-4-12-26-18)27-24(32)28(23)13-5-7-21(29)30-2/h3-4,6,8-12,14,22-23H,5,7,13H2,1-2H3,(H,27,32)/t22-,23+/m1/s1. The predicted octanol–water partition coefficient (Wildman–Crippen LogP) is 5.23. The van der Waals surface area contributed by atoms with Gasteiger partial charge in [0.15, 0.2) is 5.11 Å². The van der Waals surface area contributed by atoms with Gasteiger partial charge in [-0.15, -0.1) is 0 Å². The molecule has 1 N–H and O–H groups in total. The number of halogens is 1. The fraction of sp³-hybridized carbons (Fsp3) is 0.292. The minimum Gasteiger partial charge on any atom is -0.469 e. The van der Waals surface area contributed by atoms with Gasteiger partial charge in [-0.25, -0.2) is 0 Å². The first-order chi connectivity index (χ1) is 15.5. The van der Waals surface area contributed by atoms with Crippen LogP contribution in [0.3, 0.4) is 0 Å². The quantitative estimate of drug-likeness (QED) is 0.375. The van der Waals surface area contributed by atoms with E-state index < -0.39 is 0 Å². The molecule has 1 fully saturated rings. The van der Waals surface area contributed by atoms with Crippen LogP contribution >= 0.6 is 23.8 Å². The molecule has 2 atom stereocenters. The van der Waals surface area contributed by atoms with E-state index in [2.05, 4.69) is 15.2 Å². The van der Waals surface area contributed by atoms with Gasteiger partial charge in [0.25, 0.3) is 0 Å². The Labute approximate surface area is 197 Å². The van der Waals surface area contributed by atoms with Crippen LogP contribution in [0, 0.1) is 6.92 Å². The number of carbonyl (C=O) groups is 1. The largest absolute Gasteiger partial charge is 0.469 e. The highest BCUT2D eigenvalue weighted by molar-refractivity contribution is 7.80. The number of esters is 1. The lowest BCUT2D eigenvalue weighted by Gasteiger charge is -2.26. The van der Waals surface area contributed by atoms with Crippen molar-refractivity contribution in [2.75, 3.05) is 13.7 Å². The Balaban J connectivity index is 1.67. The number of ether oxygens (including phenoxy) is 1. The van der Waals surface area contributed by atoms with E-state index in [4.69, 9.17) is 33.0 Å². The molecule has 0 radical (unpaired) electrons. The maximum absolute atomic E-state index is 11.6. The Hall–Kier alpha value is -2.90. The Bertz CT molecular complexity index is 1120. The zero-order valence-electron chi connectivity index (χ0n) is 17.9. The van der Waals surface area contributed by atoms with Gasteiger partial charge in [0, 0.05) is 29.7 Å². The average Bonchev–Trinajstić information content (AvgIpc) is 3.40. The molecule has 166 valence electrons. The van der Waals surface area contributed by atoms with Crippen LogP contribution in [0.1, 0.15) is 41.9 Å². The summed E-state index contributed by atoms with van der Waals surface area (Å²) in [7, 11) is 1.40. The summed E-state index contributed by atoms with van der Waals surface area (Å²) < 4.78 is 11.1. The van der Waals surface area contributed by atoms with Crippen LogP contribution in [0.5, 0.6) is 0 Å². The van der Waals surface area contributed by atoms with Gasteiger partial charge in [0.05, 0.1) is 18.8 Å². The summed E-state index contributed by atoms with van der Waals surface area (Å²) in [6.07, 6.45) is 2.70. The van der Waals surface area contributed by atoms with Gasteiger partial charge in [0.2, 0.25) is 0 Å². The lowest BCUT2D eigenvalue weighted by molar-refractivity contribution is -0.140. The SMILES string of the molecule is COC(=O)CCCN1C(=S)N[C@H](c2ccccn2)[C@@H]1c1ccc(-c2cc(Cl)ccc2C)o1. The fourth-order valence-electron chi connectivity index (χ4n) is 3.97. The van der Waals surface area contributed by atoms with Gasteiger partial charge in [-0.3, -0.25) is 9.78 Å². The molecule has 0 spiro atoms. The Morgan fingerprint density at radius 1 is 1.28 bits per heavy atom. The van der Waals surface area contributed by atoms with Crippen molar-refractivity contribution in [1.29, 1.82) is 0 Å². The maximum atomic E-state index is 11.6. The summed E-state index contributed by atoms with van der Waals surface area (Å²) in [5.74, 6) is 1.27. The minimum atomic E-state index is -0.238. The molecular formula is C24H24ClN3O3S. The maximum Gasteiger partial charge on any atom is 0.305 e. The molecule has 2 aromatic heterocycles. The third kappa shape index (κ3) is 4.64. The normalized spacial score (nSPS) is 18.0. The summed E-state index contributed by atoms with van der Waals surface area (Å²) in [6, 6.07) is 15.1. The molecule has 1 aliphatic rings. The van der Waals surface area contributed by atoms with Gasteiger partial charge in [-0.1, -0.05) is 23.7 Å². The molecule has 3 aromatic rings. The molecule has 1 aliphatic heterocycles. The van der Waals surface area contributed by atoms with Crippen molar-refractivity contribution >= 4 is 34.9 Å². The number of nitrogens with one attached hydrogen (secondary N) is 1. The van der Waals surface area contributed by atoms with Crippen molar-refractivity contribution in [3.05, 3.63) is 76.8 Å². The first-order valence-electron chi connectivity index (χ1n) is 10.4. The van der Waals surface area contributed by atoms with Gasteiger partial charge >= 0.3 is 5.97 Å². The summed E-state index contributed by atoms with van der Waals surface area (Å²) in [4.78, 5) is 18.2. The Morgan fingerprint density at radius 2 is 2.12 bits per heavy atom. The first kappa shape index (κ1) is 22.3. The number of benzene rings is 1. The molecule has 0 aliphatic carbocycles. The van der Waals surface area contributed by atoms with E-state index in [1.54, 1.807) is 6.20 Å². The van der Waals surface area contributed by atoms with Crippen molar-refractivity contribution in [1.82, 2.24) is 15.2 Å². The van der Waals surface area contributed by atoms with Crippen molar-refractivity contribution < 1.29 is 13.9 Å². The average molecular weight is 470 g/mol. The zero-order chi connectivity index (χ0) is 22.7. The van der Waals surface area contributed by atoms with E-state index in [0.717, 1.165) is 28.3 Å². The molecule has 0 amide bonds. The van der Waals surface area contributed by atoms with Crippen molar-refractivity contribution in [2.45, 2.75) is 31.8 Å². The topological polar surface area (TPSA) is 67.6 Å². The molecule has 1 aromatic carbocycles. The van der Waals surface area contributed by atoms with Crippen molar-refractivity contribution in [3.8, 4) is 11.3 Å². The number of thiocarbonyl (C=S) groups is 1. The molecular weight excluding hydrogens is 446 g/mol. The van der Waals surface area contributed by atoms with Gasteiger partial charge in [-0.05, 0) is 67.5 Å². The van der Waals surface area contributed by atoms with Crippen LogP contribution in [0.4, 0.5) is 0 Å². The number of carbonyl (C=O) groups excluding carboxylic acids is 1. The lowest BCUT2D eigenvalue weighted by Crippen LogP contribution is -2.30. The van der Waals surface area contributed by atoms with Crippen LogP contribution in [0.25, 0.3) is 11.3 Å². The lowest BCUT2D eigenvalue weighted by atomic mass is 10.0. The number of nitrogens with zero attached hydrogens (tertiary/aromatic N) is 2. The third-order valence-electron chi connectivity index (χ3n) is 5.59. The number of pyridine rings is 1. The molecule has 6 nitrogen and oxygen atoms in total. The molecule has 32 heavy (non-hydrogen) atoms. The monoisotopic (exact) mass is 469 g/mol. The highest BCUT2D eigenvalue weighted by Gasteiger charge is 2.41. The van der Waals surface area contributed by atoms with E-state index in [1.165, 1.54) is 7.11 Å². The van der Waals surface area contributed by atoms with Gasteiger partial charge < -0.3 is 19.4 Å². The van der Waals surface area contributed by atoms with Gasteiger partial charge in [-0.2, -0.15) is 0 Å². The number of hydrogen-bond donors (Lipinski definition) is 1. The summed E-state index contributed by atoms with van der Waals surface area (Å²) >= 11 is 11.9. The van der Waals surface area contributed by atoms with Crippen LogP contribution in [0.15, 0.2) is 59.1 Å². The molecule has 8 heteroatoms. The van der Waals surface area contributed by atoms with Crippen molar-refractivity contribution in [3.63, 3.8) is 0 Å². The number of hydrogen-bond acceptors (Lipinski definition) is 5. The summed E-state index contributed by atoms with van der Waals surface area (Å²) in [6.45, 7) is 2.61. The predicted molar refractivity (Wildman–Crippen MR) is 127 cm³/mol. The highest BCUT2D eigenvalue weighted by atomic mass is 35.5. The Morgan fingerprint density at radius 3 is 2.88 bits per heavy atom. The molecule has 1 saturated heterocycles. The minimum absolute atomic E-state index is 0.179. The molecule has 0 saturated carbocycles. The molecule has 0 bridgehead atoms. The number of methoxy groups -OCH3 is 1. The zero-order valence-corrected chi connectivity index (χ0v) is 19.4. The first-order valence-corrected chi connectivity index (χ1v) is 11.2. The van der Waals surface area contributed by atoms with Crippen molar-refractivity contribution in [2.24, 2.45) is 0 Å². The number of aromatic nitrogens is 1. The second-order valence-electron chi connectivity index (χ2n) is 7.66. The molecule has 0 unspecified atom stereocenters. The number of aryl methyl sites for hydroxylation is 1. The molecule has 3 heterocycles. The van der Waals surface area contributed by atoms with E-state index in [-0.39, 0.29) is 18.1 Å². The summed E-state index contributed by atoms with van der Waals surface area (Å²) in [5, 5.41) is 4.65. The number of furan rings is 1. The summed E-state index contributed by atoms with van der Waals surface area (Å²) in [5.41, 5.74) is 2.89. The molecule has 4 rings (SSSR count). The fourth-order valence-corrected chi connectivity index (χ4v) is 4.47. The smallest absolute Gasteiger partial charge is 0.305 e. The van der Waals surface area contributed by atoms with E-state index in [0.29, 0.717) is 29.5 Å². The van der Waals surface area contributed by atoms with E-state index in [1.807, 2.05) is 55.5 Å². The number of rotatable bonds is 7. The van der Waals surface area contributed by atoms with Crippen LogP contribution in [-0.4, -0.2) is 34.6 Å². The highest BCUT2D eigenvalue weighted by Crippen LogP contribution is 2.41. The Kier molecular flexibility index (Phi) is 6.77. The third-order valence-corrected chi connectivity index (χ3v) is 6.18. The second kappa shape index (κ2) is 9.71. The van der Waals surface area contributed by atoms with Crippen LogP contribution in [0.2, 0.25) is 5.02 Å². The second-order valence-corrected chi connectivity index (χ2v) is 8.48. The van der Waals surface area contributed by atoms with Crippen LogP contribution < -0.4 is 5.32 Å². The van der Waals surface area contributed by atoms with E-state index >= 15 is 0 Å².